The minimum atomic E-state index is -2.11. The highest BCUT2D eigenvalue weighted by Gasteiger charge is 2.43. The highest BCUT2D eigenvalue weighted by Crippen LogP contribution is 2.35. The first kappa shape index (κ1) is 18.5. The number of rotatable bonds is 9. The van der Waals surface area contributed by atoms with E-state index in [0.29, 0.717) is 6.61 Å². The van der Waals surface area contributed by atoms with E-state index in [1.165, 1.54) is 0 Å². The highest BCUT2D eigenvalue weighted by molar-refractivity contribution is 9.09. The summed E-state index contributed by atoms with van der Waals surface area (Å²) in [4.78, 5) is 0. The fraction of sp³-hybridized carbons (Fsp3) is 1.00. The normalized spacial score (nSPS) is 31.0. The van der Waals surface area contributed by atoms with Crippen molar-refractivity contribution in [3.63, 3.8) is 0 Å². The summed E-state index contributed by atoms with van der Waals surface area (Å²) in [5.41, 5.74) is 0. The lowest BCUT2D eigenvalue weighted by Crippen LogP contribution is -2.32. The van der Waals surface area contributed by atoms with Gasteiger partial charge in [0.05, 0.1) is 6.10 Å². The molecular weight excluding hydrogens is 347 g/mol. The van der Waals surface area contributed by atoms with Gasteiger partial charge in [0.2, 0.25) is 0 Å². The Morgan fingerprint density at radius 1 is 1.30 bits per heavy atom. The second-order valence-electron chi connectivity index (χ2n) is 4.87. The van der Waals surface area contributed by atoms with Crippen LogP contribution in [0.2, 0.25) is 0 Å². The molecular formula is C13H25BrO5P+. The maximum absolute atomic E-state index is 11.8. The zero-order valence-electron chi connectivity index (χ0n) is 12.6. The minimum absolute atomic E-state index is 0.0198. The Morgan fingerprint density at radius 3 is 2.50 bits per heavy atom. The van der Waals surface area contributed by atoms with Crippen molar-refractivity contribution in [1.82, 2.24) is 0 Å². The van der Waals surface area contributed by atoms with E-state index in [1.54, 1.807) is 0 Å². The molecule has 1 heterocycles. The lowest BCUT2D eigenvalue weighted by Gasteiger charge is -2.18. The molecule has 0 N–H and O–H groups in total. The summed E-state index contributed by atoms with van der Waals surface area (Å²) in [5, 5.41) is -0.0644. The first-order valence-corrected chi connectivity index (χ1v) is 9.22. The molecule has 20 heavy (non-hydrogen) atoms. The Kier molecular flexibility index (Phi) is 8.72. The summed E-state index contributed by atoms with van der Waals surface area (Å²) >= 11 is 3.46. The third-order valence-corrected chi connectivity index (χ3v) is 5.33. The fourth-order valence-electron chi connectivity index (χ4n) is 2.17. The van der Waals surface area contributed by atoms with Crippen molar-refractivity contribution in [2.75, 3.05) is 13.2 Å². The summed E-state index contributed by atoms with van der Waals surface area (Å²) < 4.78 is 33.8. The first-order chi connectivity index (χ1) is 9.53. The molecule has 1 fully saturated rings. The van der Waals surface area contributed by atoms with Crippen molar-refractivity contribution in [2.24, 2.45) is 5.92 Å². The molecule has 0 saturated carbocycles. The van der Waals surface area contributed by atoms with Crippen molar-refractivity contribution < 1.29 is 23.1 Å². The van der Waals surface area contributed by atoms with E-state index in [9.17, 15) is 4.57 Å². The largest absolute Gasteiger partial charge is 0.697 e. The van der Waals surface area contributed by atoms with Crippen LogP contribution in [0, 0.1) is 5.92 Å². The topological polar surface area (TPSA) is 54.0 Å². The number of halogens is 1. The molecule has 0 aliphatic carbocycles. The van der Waals surface area contributed by atoms with Crippen molar-refractivity contribution in [3.8, 4) is 0 Å². The zero-order valence-corrected chi connectivity index (χ0v) is 15.1. The van der Waals surface area contributed by atoms with Crippen LogP contribution in [-0.4, -0.2) is 36.5 Å². The molecule has 1 rings (SSSR count). The third kappa shape index (κ3) is 5.32. The van der Waals surface area contributed by atoms with Gasteiger partial charge in [-0.3, -0.25) is 0 Å². The molecule has 1 saturated heterocycles. The SMILES string of the molecule is CCO[C@H]1[C@@H](C)[C@H](Br)O[C@@H]1CO[P+](=O)OC(CC)CC. The highest BCUT2D eigenvalue weighted by atomic mass is 79.9. The second kappa shape index (κ2) is 9.44. The zero-order chi connectivity index (χ0) is 15.1. The smallest absolute Gasteiger partial charge is 0.375 e. The summed E-state index contributed by atoms with van der Waals surface area (Å²) in [6, 6.07) is 0. The van der Waals surface area contributed by atoms with Crippen LogP contribution in [0.4, 0.5) is 0 Å². The Bertz CT molecular complexity index is 300. The molecule has 118 valence electrons. The van der Waals surface area contributed by atoms with Gasteiger partial charge in [-0.1, -0.05) is 36.7 Å². The van der Waals surface area contributed by atoms with E-state index in [0.717, 1.165) is 12.8 Å². The van der Waals surface area contributed by atoms with Gasteiger partial charge < -0.3 is 9.47 Å². The molecule has 5 atom stereocenters. The molecule has 0 aromatic rings. The Labute approximate surface area is 130 Å². The minimum Gasteiger partial charge on any atom is -0.375 e. The predicted octanol–water partition coefficient (Wildman–Crippen LogP) is 4.03. The molecule has 0 spiro atoms. The maximum atomic E-state index is 11.8. The molecule has 7 heteroatoms. The van der Waals surface area contributed by atoms with Crippen LogP contribution in [0.5, 0.6) is 0 Å². The lowest BCUT2D eigenvalue weighted by molar-refractivity contribution is -0.0335. The van der Waals surface area contributed by atoms with Crippen LogP contribution in [0.15, 0.2) is 0 Å². The van der Waals surface area contributed by atoms with Gasteiger partial charge >= 0.3 is 8.25 Å². The quantitative estimate of drug-likeness (QED) is 0.452. The van der Waals surface area contributed by atoms with E-state index in [2.05, 4.69) is 22.9 Å². The second-order valence-corrected chi connectivity index (χ2v) is 6.69. The van der Waals surface area contributed by atoms with Crippen molar-refractivity contribution >= 4 is 24.2 Å². The van der Waals surface area contributed by atoms with Gasteiger partial charge in [-0.25, -0.2) is 0 Å². The third-order valence-electron chi connectivity index (χ3n) is 3.45. The summed E-state index contributed by atoms with van der Waals surface area (Å²) in [6.45, 7) is 8.83. The summed E-state index contributed by atoms with van der Waals surface area (Å²) in [7, 11) is -2.11. The van der Waals surface area contributed by atoms with Crippen LogP contribution in [0.25, 0.3) is 0 Å². The van der Waals surface area contributed by atoms with Crippen molar-refractivity contribution in [1.29, 1.82) is 0 Å². The Hall–Kier alpha value is 0.420. The standard InChI is InChI=1S/C13H25BrO5P/c1-5-10(6-2)19-20(15)17-8-11-12(16-7-3)9(4)13(14)18-11/h9-13H,5-8H2,1-4H3/q+1/t9-,11-,12+,13-/m1/s1. The Balaban J connectivity index is 2.41. The van der Waals surface area contributed by atoms with Gasteiger partial charge in [0, 0.05) is 17.1 Å². The van der Waals surface area contributed by atoms with Gasteiger partial charge in [-0.05, 0) is 19.8 Å². The van der Waals surface area contributed by atoms with E-state index >= 15 is 0 Å². The van der Waals surface area contributed by atoms with Gasteiger partial charge in [-0.15, -0.1) is 9.05 Å². The van der Waals surface area contributed by atoms with Gasteiger partial charge in [0.25, 0.3) is 0 Å². The molecule has 1 aliphatic rings. The average Bonchev–Trinajstić information content (AvgIpc) is 2.70. The summed E-state index contributed by atoms with van der Waals surface area (Å²) in [5.74, 6) is 0.224. The first-order valence-electron chi connectivity index (χ1n) is 7.21. The van der Waals surface area contributed by atoms with Crippen molar-refractivity contribution in [2.45, 2.75) is 63.9 Å². The van der Waals surface area contributed by atoms with Crippen LogP contribution in [-0.2, 0) is 23.1 Å². The van der Waals surface area contributed by atoms with Gasteiger partial charge in [-0.2, -0.15) is 0 Å². The molecule has 0 aromatic carbocycles. The number of hydrogen-bond donors (Lipinski definition) is 0. The van der Waals surface area contributed by atoms with E-state index in [-0.39, 0.29) is 35.8 Å². The predicted molar refractivity (Wildman–Crippen MR) is 81.2 cm³/mol. The van der Waals surface area contributed by atoms with E-state index in [1.807, 2.05) is 20.8 Å². The van der Waals surface area contributed by atoms with Crippen molar-refractivity contribution in [3.05, 3.63) is 0 Å². The Morgan fingerprint density at radius 2 is 1.95 bits per heavy atom. The lowest BCUT2D eigenvalue weighted by atomic mass is 10.0. The average molecular weight is 372 g/mol. The molecule has 5 nitrogen and oxygen atoms in total. The van der Waals surface area contributed by atoms with Crippen LogP contribution < -0.4 is 0 Å². The molecule has 0 radical (unpaired) electrons. The van der Waals surface area contributed by atoms with Crippen LogP contribution >= 0.6 is 24.2 Å². The summed E-state index contributed by atoms with van der Waals surface area (Å²) in [6.07, 6.45) is 1.35. The number of alkyl halides is 1. The van der Waals surface area contributed by atoms with Gasteiger partial charge in [0.1, 0.15) is 23.8 Å². The molecule has 0 aromatic heterocycles. The number of ether oxygens (including phenoxy) is 2. The fourth-order valence-corrected chi connectivity index (χ4v) is 3.62. The molecule has 0 bridgehead atoms. The van der Waals surface area contributed by atoms with E-state index in [4.69, 9.17) is 18.5 Å². The molecule has 1 aliphatic heterocycles. The van der Waals surface area contributed by atoms with Gasteiger partial charge in [0.15, 0.2) is 0 Å². The molecule has 1 unspecified atom stereocenters. The maximum Gasteiger partial charge on any atom is 0.697 e. The molecule has 0 amide bonds. The van der Waals surface area contributed by atoms with Crippen LogP contribution in [0.3, 0.4) is 0 Å². The number of hydrogen-bond acceptors (Lipinski definition) is 5. The van der Waals surface area contributed by atoms with E-state index < -0.39 is 8.25 Å². The monoisotopic (exact) mass is 371 g/mol. The van der Waals surface area contributed by atoms with Crippen LogP contribution in [0.1, 0.15) is 40.5 Å².